The molecule has 160 valence electrons. The minimum atomic E-state index is 0.895. The predicted octanol–water partition coefficient (Wildman–Crippen LogP) is 5.46. The number of benzene rings is 1. The van der Waals surface area contributed by atoms with Gasteiger partial charge in [-0.1, -0.05) is 62.4 Å². The van der Waals surface area contributed by atoms with Crippen molar-refractivity contribution in [1.82, 2.24) is 14.9 Å². The molecule has 3 aliphatic rings. The second kappa shape index (κ2) is 9.47. The maximum absolute atomic E-state index is 5.19. The molecule has 3 heterocycles. The van der Waals surface area contributed by atoms with Crippen molar-refractivity contribution >= 4 is 5.82 Å². The van der Waals surface area contributed by atoms with Gasteiger partial charge in [0.15, 0.2) is 5.82 Å². The normalized spacial score (nSPS) is 21.3. The minimum Gasteiger partial charge on any atom is -0.356 e. The first kappa shape index (κ1) is 20.0. The summed E-state index contributed by atoms with van der Waals surface area (Å²) in [5.74, 6) is 3.04. The van der Waals surface area contributed by atoms with Gasteiger partial charge in [0.05, 0.1) is 5.69 Å². The molecule has 0 N–H and O–H groups in total. The van der Waals surface area contributed by atoms with Crippen LogP contribution in [-0.2, 0) is 13.0 Å². The summed E-state index contributed by atoms with van der Waals surface area (Å²) < 4.78 is 0. The molecule has 0 spiro atoms. The fourth-order valence-corrected chi connectivity index (χ4v) is 5.60. The molecule has 0 atom stereocenters. The quantitative estimate of drug-likeness (QED) is 0.677. The van der Waals surface area contributed by atoms with Crippen LogP contribution in [0.25, 0.3) is 11.4 Å². The molecule has 1 saturated carbocycles. The fourth-order valence-electron chi connectivity index (χ4n) is 5.60. The number of anilines is 1. The monoisotopic (exact) mass is 404 g/mol. The second-order valence-electron chi connectivity index (χ2n) is 9.55. The van der Waals surface area contributed by atoms with Gasteiger partial charge in [-0.2, -0.15) is 0 Å². The molecule has 2 fully saturated rings. The second-order valence-corrected chi connectivity index (χ2v) is 9.55. The summed E-state index contributed by atoms with van der Waals surface area (Å²) in [7, 11) is 0. The van der Waals surface area contributed by atoms with Gasteiger partial charge in [0.2, 0.25) is 0 Å². The van der Waals surface area contributed by atoms with Crippen LogP contribution in [0.3, 0.4) is 0 Å². The van der Waals surface area contributed by atoms with Crippen molar-refractivity contribution in [1.29, 1.82) is 0 Å². The van der Waals surface area contributed by atoms with Crippen molar-refractivity contribution in [3.63, 3.8) is 0 Å². The van der Waals surface area contributed by atoms with E-state index in [0.29, 0.717) is 0 Å². The van der Waals surface area contributed by atoms with Gasteiger partial charge in [0.1, 0.15) is 5.82 Å². The molecule has 0 unspecified atom stereocenters. The molecule has 1 aromatic carbocycles. The number of aromatic nitrogens is 2. The number of hydrogen-bond acceptors (Lipinski definition) is 4. The van der Waals surface area contributed by atoms with E-state index in [1.165, 1.54) is 81.4 Å². The summed E-state index contributed by atoms with van der Waals surface area (Å²) in [6.45, 7) is 5.72. The van der Waals surface area contributed by atoms with E-state index in [2.05, 4.69) is 40.1 Å². The smallest absolute Gasteiger partial charge is 0.161 e. The van der Waals surface area contributed by atoms with Crippen molar-refractivity contribution in [2.75, 3.05) is 31.1 Å². The van der Waals surface area contributed by atoms with Crippen LogP contribution in [0.2, 0.25) is 0 Å². The first-order chi connectivity index (χ1) is 14.9. The molecule has 2 aliphatic heterocycles. The molecule has 5 rings (SSSR count). The van der Waals surface area contributed by atoms with Gasteiger partial charge in [0, 0.05) is 50.3 Å². The van der Waals surface area contributed by atoms with Gasteiger partial charge < -0.3 is 4.90 Å². The highest BCUT2D eigenvalue weighted by Gasteiger charge is 2.27. The van der Waals surface area contributed by atoms with E-state index >= 15 is 0 Å². The Labute approximate surface area is 181 Å². The van der Waals surface area contributed by atoms with Crippen LogP contribution in [0.1, 0.15) is 69.0 Å². The molecule has 1 saturated heterocycles. The van der Waals surface area contributed by atoms with E-state index in [0.717, 1.165) is 49.9 Å². The molecule has 4 nitrogen and oxygen atoms in total. The lowest BCUT2D eigenvalue weighted by Gasteiger charge is -2.35. The Balaban J connectivity index is 1.45. The molecule has 1 aliphatic carbocycles. The molecule has 4 heteroatoms. The maximum Gasteiger partial charge on any atom is 0.161 e. The van der Waals surface area contributed by atoms with Crippen LogP contribution in [0.5, 0.6) is 0 Å². The number of rotatable bonds is 4. The fraction of sp³-hybridized carbons (Fsp3) is 0.615. The van der Waals surface area contributed by atoms with Crippen molar-refractivity contribution in [3.05, 3.63) is 41.6 Å². The summed E-state index contributed by atoms with van der Waals surface area (Å²) >= 11 is 0. The first-order valence-corrected chi connectivity index (χ1v) is 12.3. The van der Waals surface area contributed by atoms with Crippen LogP contribution in [-0.4, -0.2) is 41.0 Å². The largest absolute Gasteiger partial charge is 0.356 e. The topological polar surface area (TPSA) is 32.3 Å². The lowest BCUT2D eigenvalue weighted by atomic mass is 9.88. The first-order valence-electron chi connectivity index (χ1n) is 12.3. The average molecular weight is 405 g/mol. The molecule has 0 amide bonds. The van der Waals surface area contributed by atoms with Crippen LogP contribution in [0.15, 0.2) is 30.3 Å². The molecule has 2 aromatic rings. The Morgan fingerprint density at radius 3 is 2.30 bits per heavy atom. The van der Waals surface area contributed by atoms with E-state index < -0.39 is 0 Å². The third-order valence-electron chi connectivity index (χ3n) is 7.30. The zero-order valence-corrected chi connectivity index (χ0v) is 18.4. The zero-order valence-electron chi connectivity index (χ0n) is 18.4. The zero-order chi connectivity index (χ0) is 20.2. The van der Waals surface area contributed by atoms with E-state index in [1.807, 2.05) is 0 Å². The van der Waals surface area contributed by atoms with Crippen molar-refractivity contribution in [2.24, 2.45) is 5.92 Å². The van der Waals surface area contributed by atoms with Gasteiger partial charge >= 0.3 is 0 Å². The standard InChI is InChI=1S/C26H36N4/c1-2-10-17-30(16-9-1)26-23-20-29(19-21-11-5-3-6-12-21)18-15-24(23)27-25(28-26)22-13-7-4-8-14-22/h4,7-8,13-14,21H,1-3,5-6,9-12,15-20H2. The van der Waals surface area contributed by atoms with Crippen molar-refractivity contribution in [2.45, 2.75) is 70.8 Å². The van der Waals surface area contributed by atoms with Gasteiger partial charge in [-0.15, -0.1) is 0 Å². The highest BCUT2D eigenvalue weighted by atomic mass is 15.2. The Kier molecular flexibility index (Phi) is 6.31. The lowest BCUT2D eigenvalue weighted by molar-refractivity contribution is 0.186. The third-order valence-corrected chi connectivity index (χ3v) is 7.30. The summed E-state index contributed by atoms with van der Waals surface area (Å²) in [6.07, 6.45) is 13.5. The summed E-state index contributed by atoms with van der Waals surface area (Å²) in [4.78, 5) is 15.5. The number of hydrogen-bond donors (Lipinski definition) is 0. The molecular weight excluding hydrogens is 368 g/mol. The molecular formula is C26H36N4. The molecule has 0 radical (unpaired) electrons. The Morgan fingerprint density at radius 2 is 1.53 bits per heavy atom. The minimum absolute atomic E-state index is 0.895. The Hall–Kier alpha value is -1.94. The maximum atomic E-state index is 5.19. The van der Waals surface area contributed by atoms with Crippen LogP contribution in [0, 0.1) is 5.92 Å². The highest BCUT2D eigenvalue weighted by Crippen LogP contribution is 2.32. The van der Waals surface area contributed by atoms with Crippen molar-refractivity contribution < 1.29 is 0 Å². The summed E-state index contributed by atoms with van der Waals surface area (Å²) in [6, 6.07) is 10.5. The Morgan fingerprint density at radius 1 is 0.800 bits per heavy atom. The highest BCUT2D eigenvalue weighted by molar-refractivity contribution is 5.61. The third kappa shape index (κ3) is 4.54. The van der Waals surface area contributed by atoms with Gasteiger partial charge in [-0.05, 0) is 31.6 Å². The average Bonchev–Trinajstić information content (AvgIpc) is 3.09. The van der Waals surface area contributed by atoms with Gasteiger partial charge in [-0.25, -0.2) is 9.97 Å². The SMILES string of the molecule is c1ccc(-c2nc3c(c(N4CCCCCC4)n2)CN(CC2CCCCC2)CC3)cc1. The van der Waals surface area contributed by atoms with Crippen molar-refractivity contribution in [3.8, 4) is 11.4 Å². The molecule has 30 heavy (non-hydrogen) atoms. The molecule has 1 aromatic heterocycles. The number of fused-ring (bicyclic) bond motifs is 1. The van der Waals surface area contributed by atoms with Crippen LogP contribution < -0.4 is 4.90 Å². The van der Waals surface area contributed by atoms with E-state index in [4.69, 9.17) is 9.97 Å². The van der Waals surface area contributed by atoms with E-state index in [1.54, 1.807) is 0 Å². The molecule has 0 bridgehead atoms. The van der Waals surface area contributed by atoms with Crippen LogP contribution >= 0.6 is 0 Å². The number of nitrogens with zero attached hydrogens (tertiary/aromatic N) is 4. The summed E-state index contributed by atoms with van der Waals surface area (Å²) in [5.41, 5.74) is 3.85. The lowest BCUT2D eigenvalue weighted by Crippen LogP contribution is -2.37. The van der Waals surface area contributed by atoms with Crippen LogP contribution in [0.4, 0.5) is 5.82 Å². The van der Waals surface area contributed by atoms with Gasteiger partial charge in [-0.3, -0.25) is 4.90 Å². The van der Waals surface area contributed by atoms with E-state index in [-0.39, 0.29) is 0 Å². The van der Waals surface area contributed by atoms with E-state index in [9.17, 15) is 0 Å². The van der Waals surface area contributed by atoms with Gasteiger partial charge in [0.25, 0.3) is 0 Å². The Bertz CT molecular complexity index is 820. The summed E-state index contributed by atoms with van der Waals surface area (Å²) in [5, 5.41) is 0. The predicted molar refractivity (Wildman–Crippen MR) is 124 cm³/mol.